The molecule has 1 aromatic carbocycles. The van der Waals surface area contributed by atoms with E-state index in [4.69, 9.17) is 4.74 Å². The maximum atomic E-state index is 13.0. The van der Waals surface area contributed by atoms with E-state index in [0.717, 1.165) is 15.7 Å². The lowest BCUT2D eigenvalue weighted by molar-refractivity contribution is -0.789. The molecule has 0 aliphatic carbocycles. The Kier molecular flexibility index (Phi) is 6.65. The summed E-state index contributed by atoms with van der Waals surface area (Å²) in [5.74, 6) is 0.452. The molecule has 0 N–H and O–H groups in total. The second kappa shape index (κ2) is 9.06. The van der Waals surface area contributed by atoms with Gasteiger partial charge in [-0.05, 0) is 38.1 Å². The van der Waals surface area contributed by atoms with Crippen LogP contribution in [0.3, 0.4) is 0 Å². The van der Waals surface area contributed by atoms with E-state index < -0.39 is 28.5 Å². The first kappa shape index (κ1) is 22.7. The predicted octanol–water partition coefficient (Wildman–Crippen LogP) is 1.89. The van der Waals surface area contributed by atoms with E-state index in [1.165, 1.54) is 0 Å². The molecule has 1 atom stereocenters. The molecule has 1 saturated heterocycles. The Bertz CT molecular complexity index is 922. The van der Waals surface area contributed by atoms with Gasteiger partial charge in [0.05, 0.1) is 12.2 Å². The smallest absolute Gasteiger partial charge is 0.294 e. The molecule has 0 radical (unpaired) electrons. The molecule has 12 nitrogen and oxygen atoms in total. The number of piperazine rings is 1. The summed E-state index contributed by atoms with van der Waals surface area (Å²) in [7, 11) is 0. The highest BCUT2D eigenvalue weighted by Gasteiger charge is 2.35. The lowest BCUT2D eigenvalue weighted by atomic mass is 9.97. The number of ether oxygens (including phenoxy) is 1. The molecule has 0 bridgehead atoms. The van der Waals surface area contributed by atoms with Gasteiger partial charge in [0.1, 0.15) is 24.1 Å². The van der Waals surface area contributed by atoms with Crippen molar-refractivity contribution in [3.63, 3.8) is 0 Å². The van der Waals surface area contributed by atoms with Crippen molar-refractivity contribution in [2.75, 3.05) is 32.8 Å². The summed E-state index contributed by atoms with van der Waals surface area (Å²) in [6.45, 7) is 3.81. The van der Waals surface area contributed by atoms with Crippen molar-refractivity contribution in [2.24, 2.45) is 0 Å². The monoisotopic (exact) mass is 500 g/mol. The molecule has 1 aromatic rings. The number of carbonyl (C=O) groups excluding carboxylic acids is 1. The lowest BCUT2D eigenvalue weighted by Gasteiger charge is -2.40. The molecule has 168 valence electrons. The number of rotatable bonds is 8. The van der Waals surface area contributed by atoms with Crippen LogP contribution in [0.25, 0.3) is 5.70 Å². The average molecular weight is 501 g/mol. The highest BCUT2D eigenvalue weighted by Crippen LogP contribution is 2.39. The zero-order valence-corrected chi connectivity index (χ0v) is 18.4. The fourth-order valence-electron chi connectivity index (χ4n) is 3.54. The summed E-state index contributed by atoms with van der Waals surface area (Å²) in [6.07, 6.45) is 0.691. The maximum Gasteiger partial charge on any atom is 0.294 e. The van der Waals surface area contributed by atoms with Gasteiger partial charge in [0, 0.05) is 29.7 Å². The second-order valence-corrected chi connectivity index (χ2v) is 8.54. The van der Waals surface area contributed by atoms with Crippen molar-refractivity contribution in [3.05, 3.63) is 54.5 Å². The van der Waals surface area contributed by atoms with E-state index >= 15 is 0 Å². The van der Waals surface area contributed by atoms with E-state index in [1.54, 1.807) is 9.80 Å². The van der Waals surface area contributed by atoms with Crippen molar-refractivity contribution in [3.8, 4) is 5.75 Å². The Morgan fingerprint density at radius 2 is 2.00 bits per heavy atom. The molecule has 1 unspecified atom stereocenters. The normalized spacial score (nSPS) is 19.0. The van der Waals surface area contributed by atoms with Gasteiger partial charge in [-0.1, -0.05) is 15.9 Å². The lowest BCUT2D eigenvalue weighted by Crippen LogP contribution is -2.52. The number of hydrogen-bond acceptors (Lipinski definition) is 9. The number of fused-ring (bicyclic) bond motifs is 1. The molecule has 1 amide bonds. The standard InChI is InChI=1S/C18H21BrN4O8/c1-18(2)8-15(14-7-12(19)3-4-16(14)30-18)21-6-5-20(10-17(21)24)9-13(31-23(27)28)11-29-22(25)26/h3-4,7-8,13H,5-6,9-11H2,1-2H3. The molecule has 0 aromatic heterocycles. The Balaban J connectivity index is 1.73. The number of carbonyl (C=O) groups is 1. The molecule has 2 aliphatic heterocycles. The molecule has 31 heavy (non-hydrogen) atoms. The van der Waals surface area contributed by atoms with Crippen LogP contribution >= 0.6 is 15.9 Å². The number of nitrogens with zero attached hydrogens (tertiary/aromatic N) is 4. The summed E-state index contributed by atoms with van der Waals surface area (Å²) in [6, 6.07) is 5.58. The van der Waals surface area contributed by atoms with Crippen LogP contribution in [0.15, 0.2) is 28.7 Å². The van der Waals surface area contributed by atoms with Crippen LogP contribution in [0.4, 0.5) is 0 Å². The molecule has 1 fully saturated rings. The van der Waals surface area contributed by atoms with Crippen molar-refractivity contribution < 1.29 is 29.4 Å². The summed E-state index contributed by atoms with van der Waals surface area (Å²) in [5.41, 5.74) is 0.898. The zero-order chi connectivity index (χ0) is 22.8. The Hall–Kier alpha value is -2.93. The van der Waals surface area contributed by atoms with Gasteiger partial charge in [0.25, 0.3) is 10.2 Å². The number of hydrogen-bond donors (Lipinski definition) is 0. The summed E-state index contributed by atoms with van der Waals surface area (Å²) < 4.78 is 6.84. The maximum absolute atomic E-state index is 13.0. The molecule has 0 spiro atoms. The SMILES string of the molecule is CC1(C)C=C(N2CCN(CC(CO[N+](=O)[O-])O[N+](=O)[O-])CC2=O)c2cc(Br)ccc2O1. The molecule has 13 heteroatoms. The molecule has 0 saturated carbocycles. The van der Waals surface area contributed by atoms with E-state index in [2.05, 4.69) is 25.6 Å². The van der Waals surface area contributed by atoms with Crippen molar-refractivity contribution in [1.29, 1.82) is 0 Å². The minimum atomic E-state index is -1.20. The van der Waals surface area contributed by atoms with Crippen LogP contribution in [0.1, 0.15) is 19.4 Å². The molecule has 2 aliphatic rings. The van der Waals surface area contributed by atoms with Crippen LogP contribution in [-0.2, 0) is 14.5 Å². The first-order valence-electron chi connectivity index (χ1n) is 9.37. The van der Waals surface area contributed by atoms with E-state index in [9.17, 15) is 25.0 Å². The van der Waals surface area contributed by atoms with Crippen LogP contribution in [0.2, 0.25) is 0 Å². The van der Waals surface area contributed by atoms with Gasteiger partial charge in [-0.25, -0.2) is 0 Å². The molecule has 2 heterocycles. The first-order chi connectivity index (χ1) is 14.5. The second-order valence-electron chi connectivity index (χ2n) is 7.63. The van der Waals surface area contributed by atoms with Gasteiger partial charge in [-0.15, -0.1) is 20.2 Å². The minimum Gasteiger partial charge on any atom is -0.483 e. The van der Waals surface area contributed by atoms with E-state index in [1.807, 2.05) is 38.1 Å². The minimum absolute atomic E-state index is 0.0298. The summed E-state index contributed by atoms with van der Waals surface area (Å²) in [4.78, 5) is 46.0. The number of benzene rings is 1. The van der Waals surface area contributed by atoms with Gasteiger partial charge >= 0.3 is 0 Å². The predicted molar refractivity (Wildman–Crippen MR) is 110 cm³/mol. The largest absolute Gasteiger partial charge is 0.483 e. The van der Waals surface area contributed by atoms with Crippen molar-refractivity contribution in [1.82, 2.24) is 9.80 Å². The molecular formula is C18H21BrN4O8. The van der Waals surface area contributed by atoms with Gasteiger partial charge in [0.15, 0.2) is 0 Å². The van der Waals surface area contributed by atoms with Gasteiger partial charge in [0.2, 0.25) is 5.91 Å². The van der Waals surface area contributed by atoms with Crippen LogP contribution in [-0.4, -0.2) is 70.4 Å². The first-order valence-corrected chi connectivity index (χ1v) is 10.2. The van der Waals surface area contributed by atoms with Crippen LogP contribution in [0.5, 0.6) is 5.75 Å². The summed E-state index contributed by atoms with van der Waals surface area (Å²) in [5, 5.41) is 19.0. The Morgan fingerprint density at radius 1 is 1.26 bits per heavy atom. The molecular weight excluding hydrogens is 480 g/mol. The molecule has 3 rings (SSSR count). The third-order valence-electron chi connectivity index (χ3n) is 4.73. The Labute approximate surface area is 185 Å². The highest BCUT2D eigenvalue weighted by atomic mass is 79.9. The van der Waals surface area contributed by atoms with Crippen molar-refractivity contribution >= 4 is 27.5 Å². The highest BCUT2D eigenvalue weighted by molar-refractivity contribution is 9.10. The average Bonchev–Trinajstić information content (AvgIpc) is 2.65. The van der Waals surface area contributed by atoms with Crippen LogP contribution in [0, 0.1) is 20.2 Å². The van der Waals surface area contributed by atoms with Gasteiger partial charge < -0.3 is 19.3 Å². The Morgan fingerprint density at radius 3 is 2.65 bits per heavy atom. The zero-order valence-electron chi connectivity index (χ0n) is 16.9. The third kappa shape index (κ3) is 5.82. The fraction of sp³-hybridized carbons (Fsp3) is 0.500. The van der Waals surface area contributed by atoms with Gasteiger partial charge in [-0.2, -0.15) is 0 Å². The van der Waals surface area contributed by atoms with E-state index in [-0.39, 0.29) is 19.0 Å². The third-order valence-corrected chi connectivity index (χ3v) is 5.22. The number of halogens is 1. The fourth-order valence-corrected chi connectivity index (χ4v) is 3.90. The van der Waals surface area contributed by atoms with Crippen LogP contribution < -0.4 is 4.74 Å². The van der Waals surface area contributed by atoms with E-state index in [0.29, 0.717) is 18.8 Å². The van der Waals surface area contributed by atoms with Crippen molar-refractivity contribution in [2.45, 2.75) is 25.6 Å². The number of amides is 1. The summed E-state index contributed by atoms with van der Waals surface area (Å²) >= 11 is 3.44. The van der Waals surface area contributed by atoms with Gasteiger partial charge in [-0.3, -0.25) is 9.69 Å². The topological polar surface area (TPSA) is 138 Å². The quantitative estimate of drug-likeness (QED) is 0.386.